The third kappa shape index (κ3) is 4.74. The van der Waals surface area contributed by atoms with Crippen molar-refractivity contribution in [3.63, 3.8) is 0 Å². The maximum atomic E-state index is 12.6. The summed E-state index contributed by atoms with van der Waals surface area (Å²) in [6, 6.07) is 4.73. The molecule has 2 rings (SSSR count). The zero-order valence-corrected chi connectivity index (χ0v) is 11.9. The molecule has 1 aromatic carbocycles. The number of anilines is 1. The first-order valence-corrected chi connectivity index (χ1v) is 7.00. The Balaban J connectivity index is 1.93. The van der Waals surface area contributed by atoms with Crippen molar-refractivity contribution in [1.82, 2.24) is 4.90 Å². The number of carbonyl (C=O) groups excluding carboxylic acids is 1. The molecule has 1 atom stereocenters. The molecule has 3 nitrogen and oxygen atoms in total. The van der Waals surface area contributed by atoms with Crippen molar-refractivity contribution in [2.24, 2.45) is 5.92 Å². The van der Waals surface area contributed by atoms with Gasteiger partial charge in [0.25, 0.3) is 0 Å². The van der Waals surface area contributed by atoms with Gasteiger partial charge in [0.15, 0.2) is 0 Å². The molecule has 0 aliphatic carbocycles. The van der Waals surface area contributed by atoms with Crippen molar-refractivity contribution in [3.8, 4) is 0 Å². The van der Waals surface area contributed by atoms with Crippen LogP contribution in [0.1, 0.15) is 24.8 Å². The highest BCUT2D eigenvalue weighted by molar-refractivity contribution is 5.90. The topological polar surface area (TPSA) is 32.3 Å². The lowest BCUT2D eigenvalue weighted by molar-refractivity contribution is -0.137. The molecule has 116 valence electrons. The first-order chi connectivity index (χ1) is 9.84. The molecule has 1 saturated heterocycles. The highest BCUT2D eigenvalue weighted by Gasteiger charge is 2.30. The number of piperidine rings is 1. The SMILES string of the molecule is CN1CCCC(CC(=O)Nc2cccc(C(F)(F)F)c2)C1. The van der Waals surface area contributed by atoms with Crippen molar-refractivity contribution in [2.45, 2.75) is 25.4 Å². The number of hydrogen-bond acceptors (Lipinski definition) is 2. The van der Waals surface area contributed by atoms with Crippen molar-refractivity contribution in [2.75, 3.05) is 25.5 Å². The molecule has 6 heteroatoms. The molecule has 1 aliphatic rings. The summed E-state index contributed by atoms with van der Waals surface area (Å²) in [5, 5.41) is 2.56. The van der Waals surface area contributed by atoms with Crippen molar-refractivity contribution < 1.29 is 18.0 Å². The number of rotatable bonds is 3. The zero-order valence-electron chi connectivity index (χ0n) is 11.9. The van der Waals surface area contributed by atoms with Crippen LogP contribution in [-0.4, -0.2) is 30.9 Å². The quantitative estimate of drug-likeness (QED) is 0.928. The average molecular weight is 300 g/mol. The van der Waals surface area contributed by atoms with E-state index in [1.54, 1.807) is 0 Å². The van der Waals surface area contributed by atoms with Gasteiger partial charge in [0.1, 0.15) is 0 Å². The van der Waals surface area contributed by atoms with Crippen LogP contribution in [0, 0.1) is 5.92 Å². The van der Waals surface area contributed by atoms with Crippen LogP contribution >= 0.6 is 0 Å². The Kier molecular flexibility index (Phi) is 4.88. The molecular weight excluding hydrogens is 281 g/mol. The lowest BCUT2D eigenvalue weighted by Gasteiger charge is -2.29. The first kappa shape index (κ1) is 15.8. The highest BCUT2D eigenvalue weighted by Crippen LogP contribution is 2.30. The fraction of sp³-hybridized carbons (Fsp3) is 0.533. The van der Waals surface area contributed by atoms with Gasteiger partial charge in [-0.2, -0.15) is 13.2 Å². The van der Waals surface area contributed by atoms with E-state index >= 15 is 0 Å². The van der Waals surface area contributed by atoms with Gasteiger partial charge >= 0.3 is 6.18 Å². The van der Waals surface area contributed by atoms with Crippen molar-refractivity contribution in [3.05, 3.63) is 29.8 Å². The second-order valence-electron chi connectivity index (χ2n) is 5.60. The van der Waals surface area contributed by atoms with Crippen LogP contribution < -0.4 is 5.32 Å². The van der Waals surface area contributed by atoms with Gasteiger partial charge < -0.3 is 10.2 Å². The van der Waals surface area contributed by atoms with Gasteiger partial charge in [-0.3, -0.25) is 4.79 Å². The summed E-state index contributed by atoms with van der Waals surface area (Å²) < 4.78 is 37.8. The minimum atomic E-state index is -4.40. The smallest absolute Gasteiger partial charge is 0.326 e. The molecule has 1 amide bonds. The predicted molar refractivity (Wildman–Crippen MR) is 74.9 cm³/mol. The minimum Gasteiger partial charge on any atom is -0.326 e. The summed E-state index contributed by atoms with van der Waals surface area (Å²) in [6.07, 6.45) is -2.01. The fourth-order valence-corrected chi connectivity index (χ4v) is 2.69. The molecule has 1 aromatic rings. The van der Waals surface area contributed by atoms with Gasteiger partial charge in [-0.25, -0.2) is 0 Å². The summed E-state index contributed by atoms with van der Waals surface area (Å²) in [7, 11) is 2.01. The molecule has 1 fully saturated rings. The summed E-state index contributed by atoms with van der Waals surface area (Å²) in [5.74, 6) is 0.0455. The summed E-state index contributed by atoms with van der Waals surface area (Å²) in [6.45, 7) is 1.89. The number of nitrogens with zero attached hydrogens (tertiary/aromatic N) is 1. The Morgan fingerprint density at radius 3 is 2.86 bits per heavy atom. The summed E-state index contributed by atoms with van der Waals surface area (Å²) >= 11 is 0. The molecule has 21 heavy (non-hydrogen) atoms. The lowest BCUT2D eigenvalue weighted by Crippen LogP contribution is -2.34. The number of halogens is 3. The van der Waals surface area contributed by atoms with Gasteiger partial charge in [0.05, 0.1) is 5.56 Å². The third-order valence-electron chi connectivity index (χ3n) is 3.67. The molecule has 0 radical (unpaired) electrons. The Bertz CT molecular complexity index is 502. The predicted octanol–water partition coefficient (Wildman–Crippen LogP) is 3.38. The van der Waals surface area contributed by atoms with E-state index in [0.29, 0.717) is 6.42 Å². The van der Waals surface area contributed by atoms with Gasteiger partial charge in [-0.15, -0.1) is 0 Å². The Labute approximate surface area is 122 Å². The van der Waals surface area contributed by atoms with E-state index in [1.165, 1.54) is 12.1 Å². The highest BCUT2D eigenvalue weighted by atomic mass is 19.4. The number of hydrogen-bond donors (Lipinski definition) is 1. The monoisotopic (exact) mass is 300 g/mol. The summed E-state index contributed by atoms with van der Waals surface area (Å²) in [5.41, 5.74) is -0.559. The van der Waals surface area contributed by atoms with Crippen LogP contribution in [0.25, 0.3) is 0 Å². The zero-order chi connectivity index (χ0) is 15.5. The molecule has 1 unspecified atom stereocenters. The molecular formula is C15H19F3N2O. The van der Waals surface area contributed by atoms with Crippen LogP contribution in [0.15, 0.2) is 24.3 Å². The normalized spacial score (nSPS) is 20.3. The van der Waals surface area contributed by atoms with Crippen LogP contribution in [0.5, 0.6) is 0 Å². The second-order valence-corrected chi connectivity index (χ2v) is 5.60. The molecule has 1 N–H and O–H groups in total. The fourth-order valence-electron chi connectivity index (χ4n) is 2.69. The van der Waals surface area contributed by atoms with Gasteiger partial charge in [0, 0.05) is 18.7 Å². The Morgan fingerprint density at radius 1 is 1.43 bits per heavy atom. The molecule has 0 spiro atoms. The molecule has 0 bridgehead atoms. The maximum Gasteiger partial charge on any atom is 0.416 e. The van der Waals surface area contributed by atoms with E-state index in [2.05, 4.69) is 10.2 Å². The Morgan fingerprint density at radius 2 is 2.19 bits per heavy atom. The molecule has 1 heterocycles. The van der Waals surface area contributed by atoms with Crippen LogP contribution in [0.4, 0.5) is 18.9 Å². The van der Waals surface area contributed by atoms with E-state index < -0.39 is 11.7 Å². The van der Waals surface area contributed by atoms with E-state index in [-0.39, 0.29) is 17.5 Å². The molecule has 0 aromatic heterocycles. The van der Waals surface area contributed by atoms with Gasteiger partial charge in [-0.1, -0.05) is 6.07 Å². The number of nitrogens with one attached hydrogen (secondary N) is 1. The minimum absolute atomic E-state index is 0.194. The summed E-state index contributed by atoms with van der Waals surface area (Å²) in [4.78, 5) is 14.1. The molecule has 0 saturated carbocycles. The number of alkyl halides is 3. The van der Waals surface area contributed by atoms with Gasteiger partial charge in [-0.05, 0) is 50.6 Å². The standard InChI is InChI=1S/C15H19F3N2O/c1-20-7-3-4-11(10-20)8-14(21)19-13-6-2-5-12(9-13)15(16,17)18/h2,5-6,9,11H,3-4,7-8,10H2,1H3,(H,19,21). The Hall–Kier alpha value is -1.56. The number of amides is 1. The van der Waals surface area contributed by atoms with E-state index in [1.807, 2.05) is 7.05 Å². The van der Waals surface area contributed by atoms with E-state index in [9.17, 15) is 18.0 Å². The first-order valence-electron chi connectivity index (χ1n) is 7.00. The van der Waals surface area contributed by atoms with Crippen molar-refractivity contribution in [1.29, 1.82) is 0 Å². The van der Waals surface area contributed by atoms with Gasteiger partial charge in [0.2, 0.25) is 5.91 Å². The molecule has 1 aliphatic heterocycles. The van der Waals surface area contributed by atoms with E-state index in [4.69, 9.17) is 0 Å². The number of carbonyl (C=O) groups is 1. The second kappa shape index (κ2) is 6.47. The van der Waals surface area contributed by atoms with Crippen LogP contribution in [0.3, 0.4) is 0 Å². The largest absolute Gasteiger partial charge is 0.416 e. The maximum absolute atomic E-state index is 12.6. The number of benzene rings is 1. The third-order valence-corrected chi connectivity index (χ3v) is 3.67. The van der Waals surface area contributed by atoms with Crippen molar-refractivity contribution >= 4 is 11.6 Å². The lowest BCUT2D eigenvalue weighted by atomic mass is 9.95. The van der Waals surface area contributed by atoms with Crippen LogP contribution in [-0.2, 0) is 11.0 Å². The van der Waals surface area contributed by atoms with E-state index in [0.717, 1.165) is 38.1 Å². The van der Waals surface area contributed by atoms with Crippen LogP contribution in [0.2, 0.25) is 0 Å². The number of likely N-dealkylation sites (tertiary alicyclic amines) is 1. The average Bonchev–Trinajstić information content (AvgIpc) is 2.37.